The van der Waals surface area contributed by atoms with E-state index in [9.17, 15) is 9.59 Å². The zero-order valence-corrected chi connectivity index (χ0v) is 29.8. The van der Waals surface area contributed by atoms with E-state index in [-0.39, 0.29) is 5.97 Å². The number of rotatable bonds is 8. The van der Waals surface area contributed by atoms with Crippen LogP contribution in [0.25, 0.3) is 45.6 Å². The molecule has 10 heteroatoms. The highest BCUT2D eigenvalue weighted by atomic mass is 35.5. The van der Waals surface area contributed by atoms with Crippen LogP contribution in [-0.2, 0) is 16.0 Å². The van der Waals surface area contributed by atoms with Crippen molar-refractivity contribution in [3.8, 4) is 28.3 Å². The van der Waals surface area contributed by atoms with Gasteiger partial charge in [0.2, 0.25) is 0 Å². The lowest BCUT2D eigenvalue weighted by Crippen LogP contribution is -2.27. The Bertz CT molecular complexity index is 2230. The van der Waals surface area contributed by atoms with Gasteiger partial charge in [-0.3, -0.25) is 0 Å². The molecule has 2 aromatic heterocycles. The third kappa shape index (κ3) is 7.62. The Morgan fingerprint density at radius 1 is 0.860 bits per heavy atom. The molecule has 50 heavy (non-hydrogen) atoms. The van der Waals surface area contributed by atoms with Crippen LogP contribution in [-0.4, -0.2) is 46.0 Å². The van der Waals surface area contributed by atoms with Gasteiger partial charge < -0.3 is 18.8 Å². The smallest absolute Gasteiger partial charge is 0.419 e. The van der Waals surface area contributed by atoms with Crippen LogP contribution >= 0.6 is 23.2 Å². The van der Waals surface area contributed by atoms with Crippen molar-refractivity contribution in [3.05, 3.63) is 130 Å². The van der Waals surface area contributed by atoms with Gasteiger partial charge in [-0.15, -0.1) is 0 Å². The maximum Gasteiger partial charge on any atom is 0.419 e. The van der Waals surface area contributed by atoms with Crippen LogP contribution in [0.15, 0.2) is 97.2 Å². The first kappa shape index (κ1) is 34.5. The zero-order valence-electron chi connectivity index (χ0n) is 28.2. The molecule has 0 spiro atoms. The highest BCUT2D eigenvalue weighted by Crippen LogP contribution is 2.33. The van der Waals surface area contributed by atoms with Crippen molar-refractivity contribution in [1.29, 1.82) is 0 Å². The average molecular weight is 709 g/mol. The fourth-order valence-electron chi connectivity index (χ4n) is 5.55. The first-order chi connectivity index (χ1) is 23.9. The SMILES string of the molecule is COC(=O)c1ccc(Cn2cc(-c3ccc(Cl)cc3Cl)nc2/C=C/c2ccc(-c3cc4cc(OC)ccc4n3C(=O)OC(C)(C)C)cc2)cc1. The van der Waals surface area contributed by atoms with Crippen LogP contribution in [0.3, 0.4) is 0 Å². The molecule has 0 bridgehead atoms. The summed E-state index contributed by atoms with van der Waals surface area (Å²) in [5.41, 5.74) is 5.44. The van der Waals surface area contributed by atoms with Gasteiger partial charge in [-0.25, -0.2) is 19.1 Å². The zero-order chi connectivity index (χ0) is 35.6. The van der Waals surface area contributed by atoms with E-state index in [1.165, 1.54) is 7.11 Å². The molecular formula is C40H35Cl2N3O5. The van der Waals surface area contributed by atoms with Crippen LogP contribution in [0.1, 0.15) is 48.1 Å². The van der Waals surface area contributed by atoms with Crippen molar-refractivity contribution in [1.82, 2.24) is 14.1 Å². The molecular weight excluding hydrogens is 673 g/mol. The molecule has 2 heterocycles. The van der Waals surface area contributed by atoms with E-state index < -0.39 is 11.7 Å². The standard InChI is InChI=1S/C40H35Cl2N3O5/c1-40(2,3)50-39(47)45-35-18-16-31(48-4)20-29(35)21-36(45)27-11-6-25(7-12-27)10-19-37-43-34(32-17-15-30(41)22-33(32)42)24-44(37)23-26-8-13-28(14-9-26)38(46)49-5/h6-22,24H,23H2,1-5H3/b19-10+. The van der Waals surface area contributed by atoms with Crippen molar-refractivity contribution >= 4 is 58.3 Å². The molecule has 0 saturated heterocycles. The molecule has 0 aliphatic carbocycles. The fraction of sp³-hybridized carbons (Fsp3) is 0.175. The summed E-state index contributed by atoms with van der Waals surface area (Å²) in [7, 11) is 2.97. The minimum atomic E-state index is -0.664. The number of aromatic nitrogens is 3. The number of carbonyl (C=O) groups excluding carboxylic acids is 2. The highest BCUT2D eigenvalue weighted by molar-refractivity contribution is 6.36. The number of imidazole rings is 1. The number of ether oxygens (including phenoxy) is 3. The topological polar surface area (TPSA) is 84.6 Å². The molecule has 0 N–H and O–H groups in total. The van der Waals surface area contributed by atoms with Crippen LogP contribution < -0.4 is 4.74 Å². The normalized spacial score (nSPS) is 11.7. The van der Waals surface area contributed by atoms with Crippen molar-refractivity contribution in [2.45, 2.75) is 32.9 Å². The summed E-state index contributed by atoms with van der Waals surface area (Å²) < 4.78 is 19.7. The molecule has 0 fully saturated rings. The number of benzene rings is 4. The molecule has 0 radical (unpaired) electrons. The highest BCUT2D eigenvalue weighted by Gasteiger charge is 2.23. The lowest BCUT2D eigenvalue weighted by Gasteiger charge is -2.21. The monoisotopic (exact) mass is 707 g/mol. The number of methoxy groups -OCH3 is 2. The van der Waals surface area contributed by atoms with Gasteiger partial charge in [-0.2, -0.15) is 0 Å². The van der Waals surface area contributed by atoms with Crippen molar-refractivity contribution in [2.75, 3.05) is 14.2 Å². The first-order valence-corrected chi connectivity index (χ1v) is 16.6. The molecule has 6 rings (SSSR count). The minimum absolute atomic E-state index is 0.389. The first-order valence-electron chi connectivity index (χ1n) is 15.8. The molecule has 0 saturated carbocycles. The second kappa shape index (κ2) is 14.3. The summed E-state index contributed by atoms with van der Waals surface area (Å²) in [6.45, 7) is 6.04. The van der Waals surface area contributed by atoms with Crippen molar-refractivity contribution < 1.29 is 23.8 Å². The van der Waals surface area contributed by atoms with Gasteiger partial charge in [0.05, 0.1) is 41.7 Å². The van der Waals surface area contributed by atoms with E-state index in [0.29, 0.717) is 45.1 Å². The van der Waals surface area contributed by atoms with Crippen LogP contribution in [0.5, 0.6) is 5.75 Å². The second-order valence-corrected chi connectivity index (χ2v) is 13.5. The quantitative estimate of drug-likeness (QED) is 0.146. The molecule has 0 aliphatic rings. The number of hydrogen-bond donors (Lipinski definition) is 0. The van der Waals surface area contributed by atoms with Crippen LogP contribution in [0.2, 0.25) is 10.0 Å². The minimum Gasteiger partial charge on any atom is -0.497 e. The van der Waals surface area contributed by atoms with Gasteiger partial charge in [-0.1, -0.05) is 65.7 Å². The summed E-state index contributed by atoms with van der Waals surface area (Å²) in [5, 5.41) is 1.90. The molecule has 8 nitrogen and oxygen atoms in total. The molecule has 0 amide bonds. The third-order valence-corrected chi connectivity index (χ3v) is 8.51. The predicted molar refractivity (Wildman–Crippen MR) is 199 cm³/mol. The Morgan fingerprint density at radius 2 is 1.60 bits per heavy atom. The second-order valence-electron chi connectivity index (χ2n) is 12.7. The lowest BCUT2D eigenvalue weighted by molar-refractivity contribution is 0.0545. The van der Waals surface area contributed by atoms with E-state index in [4.69, 9.17) is 42.4 Å². The number of hydrogen-bond acceptors (Lipinski definition) is 6. The lowest BCUT2D eigenvalue weighted by atomic mass is 10.1. The average Bonchev–Trinajstić information content (AvgIpc) is 3.67. The Labute approximate surface area is 300 Å². The largest absolute Gasteiger partial charge is 0.497 e. The molecule has 0 aliphatic heterocycles. The van der Waals surface area contributed by atoms with Gasteiger partial charge in [0, 0.05) is 28.7 Å². The molecule has 6 aromatic rings. The maximum absolute atomic E-state index is 13.4. The number of halogens is 2. The summed E-state index contributed by atoms with van der Waals surface area (Å²) in [4.78, 5) is 30.3. The van der Waals surface area contributed by atoms with Crippen LogP contribution in [0.4, 0.5) is 4.79 Å². The van der Waals surface area contributed by atoms with Gasteiger partial charge in [0.1, 0.15) is 17.2 Å². The van der Waals surface area contributed by atoms with Crippen LogP contribution in [0, 0.1) is 0 Å². The van der Waals surface area contributed by atoms with E-state index in [1.54, 1.807) is 35.9 Å². The molecule has 254 valence electrons. The van der Waals surface area contributed by atoms with E-state index in [2.05, 4.69) is 0 Å². The number of fused-ring (bicyclic) bond motifs is 1. The Morgan fingerprint density at radius 3 is 2.26 bits per heavy atom. The summed E-state index contributed by atoms with van der Waals surface area (Å²) in [6, 6.07) is 28.1. The van der Waals surface area contributed by atoms with E-state index in [0.717, 1.165) is 33.2 Å². The van der Waals surface area contributed by atoms with E-state index >= 15 is 0 Å². The predicted octanol–water partition coefficient (Wildman–Crippen LogP) is 10.3. The summed E-state index contributed by atoms with van der Waals surface area (Å²) in [5.74, 6) is 1.01. The Kier molecular flexibility index (Phi) is 9.86. The molecule has 4 aromatic carbocycles. The summed E-state index contributed by atoms with van der Waals surface area (Å²) in [6.07, 6.45) is 5.40. The van der Waals surface area contributed by atoms with Gasteiger partial charge in [-0.05, 0) is 98.1 Å². The van der Waals surface area contributed by atoms with Gasteiger partial charge in [0.15, 0.2) is 0 Å². The van der Waals surface area contributed by atoms with Gasteiger partial charge >= 0.3 is 12.1 Å². The number of nitrogens with zero attached hydrogens (tertiary/aromatic N) is 3. The maximum atomic E-state index is 13.4. The number of esters is 1. The third-order valence-electron chi connectivity index (χ3n) is 7.96. The van der Waals surface area contributed by atoms with Crippen molar-refractivity contribution in [3.63, 3.8) is 0 Å². The van der Waals surface area contributed by atoms with Gasteiger partial charge in [0.25, 0.3) is 0 Å². The molecule has 0 atom stereocenters. The summed E-state index contributed by atoms with van der Waals surface area (Å²) >= 11 is 12.7. The number of carbonyl (C=O) groups is 2. The Balaban J connectivity index is 1.33. The van der Waals surface area contributed by atoms with E-state index in [1.807, 2.05) is 110 Å². The fourth-order valence-corrected chi connectivity index (χ4v) is 6.06. The van der Waals surface area contributed by atoms with Crippen molar-refractivity contribution in [2.24, 2.45) is 0 Å². The Hall–Kier alpha value is -5.31. The molecule has 0 unspecified atom stereocenters.